The fourth-order valence-corrected chi connectivity index (χ4v) is 4.47. The third kappa shape index (κ3) is 5.41. The number of nitrogens with one attached hydrogen (secondary N) is 2. The summed E-state index contributed by atoms with van der Waals surface area (Å²) in [7, 11) is 0. The second-order valence-electron chi connectivity index (χ2n) is 9.20. The number of imidazole rings is 1. The maximum Gasteiger partial charge on any atom is 0.338 e. The smallest absolute Gasteiger partial charge is 0.338 e. The fourth-order valence-electron chi connectivity index (χ4n) is 4.47. The molecule has 2 N–H and O–H groups in total. The number of aromatic amines is 1. The Hall–Kier alpha value is -5.53. The van der Waals surface area contributed by atoms with Gasteiger partial charge in [-0.25, -0.2) is 19.0 Å². The van der Waals surface area contributed by atoms with Gasteiger partial charge in [0.1, 0.15) is 12.4 Å². The number of carbonyl (C=O) groups is 3. The Morgan fingerprint density at radius 2 is 1.79 bits per heavy atom. The third-order valence-electron chi connectivity index (χ3n) is 6.37. The summed E-state index contributed by atoms with van der Waals surface area (Å²) in [5.74, 6) is -2.24. The summed E-state index contributed by atoms with van der Waals surface area (Å²) >= 11 is 0. The number of carbonyl (C=O) groups excluding carboxylic acids is 3. The van der Waals surface area contributed by atoms with Crippen molar-refractivity contribution in [2.75, 3.05) is 11.9 Å². The van der Waals surface area contributed by atoms with Gasteiger partial charge < -0.3 is 24.5 Å². The van der Waals surface area contributed by atoms with E-state index in [4.69, 9.17) is 14.2 Å². The van der Waals surface area contributed by atoms with Crippen LogP contribution in [0, 0.1) is 0 Å². The Labute approximate surface area is 235 Å². The molecular weight excluding hydrogens is 553 g/mol. The van der Waals surface area contributed by atoms with Crippen molar-refractivity contribution >= 4 is 34.7 Å². The molecule has 0 saturated carbocycles. The summed E-state index contributed by atoms with van der Waals surface area (Å²) in [6.45, 7) is 0.351. The molecule has 15 heteroatoms. The summed E-state index contributed by atoms with van der Waals surface area (Å²) in [6.07, 6.45) is -4.56. The van der Waals surface area contributed by atoms with E-state index in [1.165, 1.54) is 41.8 Å². The minimum Gasteiger partial charge on any atom is -0.459 e. The molecular formula is C27H22FN7O7. The van der Waals surface area contributed by atoms with E-state index < -0.39 is 54.2 Å². The van der Waals surface area contributed by atoms with Gasteiger partial charge in [0.2, 0.25) is 11.6 Å². The van der Waals surface area contributed by atoms with E-state index in [0.29, 0.717) is 0 Å². The minimum atomic E-state index is -2.48. The normalized spacial score (nSPS) is 21.3. The molecule has 0 aliphatic carbocycles. The number of hydrogen-bond donors (Lipinski definition) is 2. The highest BCUT2D eigenvalue weighted by molar-refractivity contribution is 5.91. The van der Waals surface area contributed by atoms with Crippen LogP contribution in [-0.2, 0) is 19.0 Å². The van der Waals surface area contributed by atoms with E-state index in [0.717, 1.165) is 6.33 Å². The highest BCUT2D eigenvalue weighted by Crippen LogP contribution is 2.43. The molecule has 5 rings (SSSR count). The van der Waals surface area contributed by atoms with E-state index in [1.54, 1.807) is 36.4 Å². The average Bonchev–Trinajstić information content (AvgIpc) is 3.52. The predicted molar refractivity (Wildman–Crippen MR) is 144 cm³/mol. The van der Waals surface area contributed by atoms with Crippen LogP contribution in [0.1, 0.15) is 33.9 Å². The second-order valence-corrected chi connectivity index (χ2v) is 9.20. The van der Waals surface area contributed by atoms with Crippen molar-refractivity contribution in [1.29, 1.82) is 0 Å². The van der Waals surface area contributed by atoms with Gasteiger partial charge in [-0.1, -0.05) is 41.5 Å². The van der Waals surface area contributed by atoms with Crippen LogP contribution in [0.15, 0.2) is 83.0 Å². The quantitative estimate of drug-likeness (QED) is 0.138. The molecule has 14 nitrogen and oxygen atoms in total. The van der Waals surface area contributed by atoms with E-state index in [9.17, 15) is 24.7 Å². The van der Waals surface area contributed by atoms with E-state index in [-0.39, 0.29) is 28.0 Å². The SMILES string of the molecule is CC(=O)Nc1cc2c(ncn2[C@@H]2O[C@@](COC(=O)c3ccccc3)(N=[N+]=[N-])[C@@H](F)[C@H]2OC(=O)c2ccccc2)c(=O)[nH]1. The number of pyridine rings is 1. The Morgan fingerprint density at radius 3 is 2.40 bits per heavy atom. The van der Waals surface area contributed by atoms with Gasteiger partial charge in [0.15, 0.2) is 24.0 Å². The summed E-state index contributed by atoms with van der Waals surface area (Å²) < 4.78 is 34.3. The van der Waals surface area contributed by atoms with Crippen molar-refractivity contribution < 1.29 is 33.0 Å². The number of H-pyrrole nitrogens is 1. The third-order valence-corrected chi connectivity index (χ3v) is 6.37. The summed E-state index contributed by atoms with van der Waals surface area (Å²) in [5, 5.41) is 5.95. The van der Waals surface area contributed by atoms with Gasteiger partial charge in [0.05, 0.1) is 23.0 Å². The molecule has 1 amide bonds. The van der Waals surface area contributed by atoms with Crippen molar-refractivity contribution in [3.8, 4) is 0 Å². The van der Waals surface area contributed by atoms with Gasteiger partial charge in [0.25, 0.3) is 5.56 Å². The number of benzene rings is 2. The van der Waals surface area contributed by atoms with Crippen molar-refractivity contribution in [1.82, 2.24) is 14.5 Å². The summed E-state index contributed by atoms with van der Waals surface area (Å²) in [6, 6.07) is 16.9. The maximum atomic E-state index is 16.4. The van der Waals surface area contributed by atoms with Crippen LogP contribution >= 0.6 is 0 Å². The summed E-state index contributed by atoms with van der Waals surface area (Å²) in [5.41, 5.74) is 6.39. The lowest BCUT2D eigenvalue weighted by Crippen LogP contribution is -2.44. The first-order valence-electron chi connectivity index (χ1n) is 12.5. The first-order chi connectivity index (χ1) is 20.2. The first-order valence-corrected chi connectivity index (χ1v) is 12.5. The molecule has 2 aromatic carbocycles. The molecule has 0 spiro atoms. The number of alkyl halides is 1. The number of rotatable bonds is 8. The molecule has 42 heavy (non-hydrogen) atoms. The molecule has 2 aromatic heterocycles. The first kappa shape index (κ1) is 28.0. The van der Waals surface area contributed by atoms with Gasteiger partial charge in [-0.15, -0.1) is 0 Å². The van der Waals surface area contributed by atoms with Gasteiger partial charge in [-0.3, -0.25) is 14.2 Å². The Morgan fingerprint density at radius 1 is 1.14 bits per heavy atom. The molecule has 0 unspecified atom stereocenters. The van der Waals surface area contributed by atoms with Crippen molar-refractivity contribution in [3.63, 3.8) is 0 Å². The number of azide groups is 1. The van der Waals surface area contributed by atoms with Crippen LogP contribution in [0.3, 0.4) is 0 Å². The number of esters is 2. The molecule has 3 heterocycles. The molecule has 0 bridgehead atoms. The zero-order valence-corrected chi connectivity index (χ0v) is 21.8. The number of ether oxygens (including phenoxy) is 3. The highest BCUT2D eigenvalue weighted by Gasteiger charge is 2.60. The number of fused-ring (bicyclic) bond motifs is 1. The van der Waals surface area contributed by atoms with Crippen LogP contribution in [0.5, 0.6) is 0 Å². The Bertz CT molecular complexity index is 1750. The molecule has 4 aromatic rings. The number of hydrogen-bond acceptors (Lipinski definition) is 9. The van der Waals surface area contributed by atoms with Crippen LogP contribution < -0.4 is 10.9 Å². The molecule has 214 valence electrons. The fraction of sp³-hybridized carbons (Fsp3) is 0.222. The minimum absolute atomic E-state index is 0.00692. The van der Waals surface area contributed by atoms with E-state index in [2.05, 4.69) is 25.3 Å². The van der Waals surface area contributed by atoms with Crippen molar-refractivity contribution in [2.45, 2.75) is 31.2 Å². The number of amides is 1. The largest absolute Gasteiger partial charge is 0.459 e. The van der Waals surface area contributed by atoms with Crippen LogP contribution in [-0.4, -0.2) is 57.0 Å². The maximum absolute atomic E-state index is 16.4. The summed E-state index contributed by atoms with van der Waals surface area (Å²) in [4.78, 5) is 59.1. The predicted octanol–water partition coefficient (Wildman–Crippen LogP) is 3.64. The average molecular weight is 576 g/mol. The Balaban J connectivity index is 1.56. The Kier molecular flexibility index (Phi) is 7.69. The lowest BCUT2D eigenvalue weighted by molar-refractivity contribution is -0.116. The second kappa shape index (κ2) is 11.5. The van der Waals surface area contributed by atoms with Crippen LogP contribution in [0.2, 0.25) is 0 Å². The monoisotopic (exact) mass is 575 g/mol. The van der Waals surface area contributed by atoms with Crippen LogP contribution in [0.25, 0.3) is 21.5 Å². The van der Waals surface area contributed by atoms with Gasteiger partial charge in [-0.2, -0.15) is 0 Å². The highest BCUT2D eigenvalue weighted by atomic mass is 19.1. The lowest BCUT2D eigenvalue weighted by atomic mass is 10.1. The molecule has 1 fully saturated rings. The molecule has 1 saturated heterocycles. The van der Waals surface area contributed by atoms with Crippen molar-refractivity contribution in [2.24, 2.45) is 5.11 Å². The topological polar surface area (TPSA) is 190 Å². The van der Waals surface area contributed by atoms with Crippen LogP contribution in [0.4, 0.5) is 10.2 Å². The molecule has 1 aliphatic rings. The van der Waals surface area contributed by atoms with E-state index in [1.807, 2.05) is 0 Å². The standard InChI is InChI=1S/C27H22FN7O7/c1-15(36)31-19-12-18-20(23(37)32-19)30-14-35(18)24-21(41-26(39)17-10-6-3-7-11-17)22(28)27(42-24,33-34-29)13-40-25(38)16-8-4-2-5-9-16/h2-12,14,21-22,24H,13H2,1H3,(H2,31,32,36,37)/t21-,22+,24-,27-/m1/s1. The van der Waals surface area contributed by atoms with Crippen molar-refractivity contribution in [3.05, 3.63) is 105 Å². The molecule has 1 aliphatic heterocycles. The zero-order chi connectivity index (χ0) is 29.9. The van der Waals surface area contributed by atoms with Gasteiger partial charge in [0, 0.05) is 17.9 Å². The van der Waals surface area contributed by atoms with Gasteiger partial charge >= 0.3 is 11.9 Å². The van der Waals surface area contributed by atoms with Gasteiger partial charge in [-0.05, 0) is 29.8 Å². The lowest BCUT2D eigenvalue weighted by Gasteiger charge is -2.25. The number of nitrogens with zero attached hydrogens (tertiary/aromatic N) is 5. The molecule has 4 atom stereocenters. The molecule has 0 radical (unpaired) electrons. The number of halogens is 1. The zero-order valence-electron chi connectivity index (χ0n) is 21.8. The number of aromatic nitrogens is 3. The van der Waals surface area contributed by atoms with E-state index >= 15 is 4.39 Å². The number of anilines is 1.